The Balaban J connectivity index is 1.74. The van der Waals surface area contributed by atoms with E-state index in [4.69, 9.17) is 9.47 Å². The molecule has 1 heterocycles. The Morgan fingerprint density at radius 3 is 2.80 bits per heavy atom. The van der Waals surface area contributed by atoms with Gasteiger partial charge in [-0.15, -0.1) is 0 Å². The van der Waals surface area contributed by atoms with Crippen LogP contribution in [-0.4, -0.2) is 45.2 Å². The number of guanidine groups is 1. The van der Waals surface area contributed by atoms with E-state index in [1.165, 1.54) is 0 Å². The molecule has 1 aliphatic heterocycles. The lowest BCUT2D eigenvalue weighted by atomic mass is 10.2. The summed E-state index contributed by atoms with van der Waals surface area (Å²) in [6.45, 7) is 2.56. The fourth-order valence-corrected chi connectivity index (χ4v) is 2.12. The minimum absolute atomic E-state index is 0.0358. The maximum absolute atomic E-state index is 12.0. The first-order valence-corrected chi connectivity index (χ1v) is 8.03. The van der Waals surface area contributed by atoms with Crippen molar-refractivity contribution in [3.05, 3.63) is 23.8 Å². The van der Waals surface area contributed by atoms with E-state index in [0.29, 0.717) is 37.8 Å². The maximum Gasteiger partial charge on any atom is 0.411 e. The zero-order chi connectivity index (χ0) is 18.1. The van der Waals surface area contributed by atoms with Gasteiger partial charge in [-0.1, -0.05) is 6.07 Å². The van der Waals surface area contributed by atoms with Gasteiger partial charge >= 0.3 is 6.18 Å². The summed E-state index contributed by atoms with van der Waals surface area (Å²) in [5.41, 5.74) is 0.968. The standard InChI is InChI=1S/C16H22F3N3O3/c1-2-20-15(21-6-3-7-23-10-16(17,18)19)22-9-12-4-5-13-14(8-12)25-11-24-13/h4-5,8H,2-3,6-7,9-11H2,1H3,(H2,20,21,22). The highest BCUT2D eigenvalue weighted by atomic mass is 19.4. The van der Waals surface area contributed by atoms with E-state index < -0.39 is 12.8 Å². The van der Waals surface area contributed by atoms with Crippen LogP contribution >= 0.6 is 0 Å². The van der Waals surface area contributed by atoms with Crippen molar-refractivity contribution in [2.24, 2.45) is 4.99 Å². The van der Waals surface area contributed by atoms with Gasteiger partial charge in [-0.25, -0.2) is 4.99 Å². The fraction of sp³-hybridized carbons (Fsp3) is 0.562. The number of ether oxygens (including phenoxy) is 3. The molecule has 1 aliphatic rings. The van der Waals surface area contributed by atoms with Gasteiger partial charge in [0.05, 0.1) is 6.54 Å². The average molecular weight is 361 g/mol. The lowest BCUT2D eigenvalue weighted by molar-refractivity contribution is -0.173. The fourth-order valence-electron chi connectivity index (χ4n) is 2.12. The summed E-state index contributed by atoms with van der Waals surface area (Å²) in [6.07, 6.45) is -3.83. The molecule has 0 aromatic heterocycles. The molecular weight excluding hydrogens is 339 g/mol. The van der Waals surface area contributed by atoms with Crippen molar-refractivity contribution in [3.8, 4) is 11.5 Å². The van der Waals surface area contributed by atoms with Crippen LogP contribution in [0.25, 0.3) is 0 Å². The summed E-state index contributed by atoms with van der Waals surface area (Å²) in [5.74, 6) is 2.01. The van der Waals surface area contributed by atoms with Gasteiger partial charge in [0.15, 0.2) is 17.5 Å². The molecule has 2 N–H and O–H groups in total. The van der Waals surface area contributed by atoms with Crippen molar-refractivity contribution in [1.29, 1.82) is 0 Å². The van der Waals surface area contributed by atoms with Gasteiger partial charge in [-0.05, 0) is 31.0 Å². The van der Waals surface area contributed by atoms with Crippen molar-refractivity contribution in [1.82, 2.24) is 10.6 Å². The summed E-state index contributed by atoms with van der Waals surface area (Å²) in [4.78, 5) is 4.44. The summed E-state index contributed by atoms with van der Waals surface area (Å²) < 4.78 is 51.0. The largest absolute Gasteiger partial charge is 0.454 e. The van der Waals surface area contributed by atoms with E-state index in [2.05, 4.69) is 20.4 Å². The molecule has 25 heavy (non-hydrogen) atoms. The van der Waals surface area contributed by atoms with E-state index in [-0.39, 0.29) is 13.4 Å². The molecule has 2 rings (SSSR count). The molecule has 6 nitrogen and oxygen atoms in total. The van der Waals surface area contributed by atoms with Crippen LogP contribution in [0, 0.1) is 0 Å². The Morgan fingerprint density at radius 2 is 2.04 bits per heavy atom. The molecule has 0 aliphatic carbocycles. The van der Waals surface area contributed by atoms with E-state index in [1.54, 1.807) is 0 Å². The number of aliphatic imine (C=N–C) groups is 1. The van der Waals surface area contributed by atoms with Gasteiger partial charge in [0.25, 0.3) is 0 Å². The minimum Gasteiger partial charge on any atom is -0.454 e. The second kappa shape index (κ2) is 9.36. The Labute approximate surface area is 144 Å². The topological polar surface area (TPSA) is 64.1 Å². The molecule has 1 aromatic carbocycles. The molecule has 0 fully saturated rings. The van der Waals surface area contributed by atoms with Crippen LogP contribution in [0.4, 0.5) is 13.2 Å². The van der Waals surface area contributed by atoms with Gasteiger partial charge in [0.1, 0.15) is 6.61 Å². The van der Waals surface area contributed by atoms with E-state index in [0.717, 1.165) is 11.3 Å². The van der Waals surface area contributed by atoms with Gasteiger partial charge in [0, 0.05) is 19.7 Å². The van der Waals surface area contributed by atoms with E-state index in [9.17, 15) is 13.2 Å². The predicted molar refractivity (Wildman–Crippen MR) is 86.9 cm³/mol. The smallest absolute Gasteiger partial charge is 0.411 e. The molecule has 0 bridgehead atoms. The Hall–Kier alpha value is -2.16. The van der Waals surface area contributed by atoms with Gasteiger partial charge in [0.2, 0.25) is 6.79 Å². The Bertz CT molecular complexity index is 579. The molecule has 0 saturated carbocycles. The first-order chi connectivity index (χ1) is 12.0. The highest BCUT2D eigenvalue weighted by Crippen LogP contribution is 2.32. The number of halogens is 3. The second-order valence-corrected chi connectivity index (χ2v) is 5.33. The monoisotopic (exact) mass is 361 g/mol. The number of fused-ring (bicyclic) bond motifs is 1. The van der Waals surface area contributed by atoms with Crippen LogP contribution in [0.1, 0.15) is 18.9 Å². The molecule has 0 amide bonds. The van der Waals surface area contributed by atoms with E-state index in [1.807, 2.05) is 25.1 Å². The molecule has 0 radical (unpaired) electrons. The third kappa shape index (κ3) is 7.08. The molecular formula is C16H22F3N3O3. The molecule has 0 saturated heterocycles. The van der Waals surface area contributed by atoms with Crippen molar-refractivity contribution in [2.45, 2.75) is 26.1 Å². The number of benzene rings is 1. The number of hydrogen-bond acceptors (Lipinski definition) is 4. The quantitative estimate of drug-likeness (QED) is 0.423. The first-order valence-electron chi connectivity index (χ1n) is 8.03. The van der Waals surface area contributed by atoms with Gasteiger partial charge < -0.3 is 24.8 Å². The molecule has 0 spiro atoms. The Kier molecular flexibility index (Phi) is 7.17. The van der Waals surface area contributed by atoms with Crippen molar-refractivity contribution in [2.75, 3.05) is 33.1 Å². The highest BCUT2D eigenvalue weighted by Gasteiger charge is 2.27. The van der Waals surface area contributed by atoms with Crippen molar-refractivity contribution < 1.29 is 27.4 Å². The molecule has 0 atom stereocenters. The summed E-state index contributed by atoms with van der Waals surface area (Å²) >= 11 is 0. The third-order valence-corrected chi connectivity index (χ3v) is 3.22. The number of rotatable bonds is 8. The van der Waals surface area contributed by atoms with Gasteiger partial charge in [-0.2, -0.15) is 13.2 Å². The van der Waals surface area contributed by atoms with Crippen LogP contribution in [-0.2, 0) is 11.3 Å². The van der Waals surface area contributed by atoms with Crippen LogP contribution in [0.3, 0.4) is 0 Å². The molecule has 9 heteroatoms. The van der Waals surface area contributed by atoms with Crippen LogP contribution in [0.15, 0.2) is 23.2 Å². The SMILES string of the molecule is CCNC(=NCc1ccc2c(c1)OCO2)NCCCOCC(F)(F)F. The highest BCUT2D eigenvalue weighted by molar-refractivity contribution is 5.79. The zero-order valence-electron chi connectivity index (χ0n) is 14.0. The van der Waals surface area contributed by atoms with Crippen LogP contribution in [0.2, 0.25) is 0 Å². The van der Waals surface area contributed by atoms with Crippen LogP contribution in [0.5, 0.6) is 11.5 Å². The number of alkyl halides is 3. The second-order valence-electron chi connectivity index (χ2n) is 5.33. The summed E-state index contributed by atoms with van der Waals surface area (Å²) in [5, 5.41) is 6.15. The number of hydrogen-bond donors (Lipinski definition) is 2. The maximum atomic E-state index is 12.0. The van der Waals surface area contributed by atoms with Crippen molar-refractivity contribution in [3.63, 3.8) is 0 Å². The molecule has 140 valence electrons. The minimum atomic E-state index is -4.28. The average Bonchev–Trinajstić information content (AvgIpc) is 3.02. The lowest BCUT2D eigenvalue weighted by Crippen LogP contribution is -2.38. The van der Waals surface area contributed by atoms with Crippen LogP contribution < -0.4 is 20.1 Å². The molecule has 0 unspecified atom stereocenters. The number of nitrogens with zero attached hydrogens (tertiary/aromatic N) is 1. The zero-order valence-corrected chi connectivity index (χ0v) is 14.0. The lowest BCUT2D eigenvalue weighted by Gasteiger charge is -2.12. The molecule has 1 aromatic rings. The summed E-state index contributed by atoms with van der Waals surface area (Å²) in [7, 11) is 0. The van der Waals surface area contributed by atoms with E-state index >= 15 is 0 Å². The third-order valence-electron chi connectivity index (χ3n) is 3.22. The summed E-state index contributed by atoms with van der Waals surface area (Å²) in [6, 6.07) is 5.62. The predicted octanol–water partition coefficient (Wildman–Crippen LogP) is 2.44. The first kappa shape index (κ1) is 19.2. The van der Waals surface area contributed by atoms with Crippen molar-refractivity contribution >= 4 is 5.96 Å². The van der Waals surface area contributed by atoms with Gasteiger partial charge in [-0.3, -0.25) is 0 Å². The number of nitrogens with one attached hydrogen (secondary N) is 2. The normalized spacial score (nSPS) is 13.8. The Morgan fingerprint density at radius 1 is 1.24 bits per heavy atom.